The van der Waals surface area contributed by atoms with Crippen molar-refractivity contribution in [2.45, 2.75) is 52.2 Å². The van der Waals surface area contributed by atoms with Crippen LogP contribution in [0, 0.1) is 5.92 Å². The zero-order valence-electron chi connectivity index (χ0n) is 16.4. The highest BCUT2D eigenvalue weighted by atomic mass is 32.2. The molecule has 148 valence electrons. The van der Waals surface area contributed by atoms with E-state index in [1.54, 1.807) is 6.26 Å². The van der Waals surface area contributed by atoms with Crippen LogP contribution in [0.25, 0.3) is 0 Å². The molecule has 1 aromatic carbocycles. The highest BCUT2D eigenvalue weighted by Gasteiger charge is 2.21. The molecule has 0 radical (unpaired) electrons. The zero-order chi connectivity index (χ0) is 18.5. The van der Waals surface area contributed by atoms with Crippen LogP contribution in [0.1, 0.15) is 45.7 Å². The molecule has 0 amide bonds. The first-order chi connectivity index (χ1) is 12.5. The summed E-state index contributed by atoms with van der Waals surface area (Å²) in [5.41, 5.74) is 3.93. The molecule has 2 heterocycles. The Kier molecular flexibility index (Phi) is 7.09. The first-order valence-electron chi connectivity index (χ1n) is 9.87. The van der Waals surface area contributed by atoms with Crippen LogP contribution >= 0.6 is 0 Å². The number of hydrogen-bond acceptors (Lipinski definition) is 4. The van der Waals surface area contributed by atoms with Gasteiger partial charge in [-0.05, 0) is 68.7 Å². The number of hydrogen-bond donors (Lipinski definition) is 1. The van der Waals surface area contributed by atoms with Gasteiger partial charge in [0.05, 0.1) is 17.1 Å². The van der Waals surface area contributed by atoms with Crippen molar-refractivity contribution in [3.05, 3.63) is 29.3 Å². The van der Waals surface area contributed by atoms with E-state index in [4.69, 9.17) is 4.84 Å². The maximum atomic E-state index is 11.7. The van der Waals surface area contributed by atoms with Crippen molar-refractivity contribution >= 4 is 16.7 Å². The van der Waals surface area contributed by atoms with Crippen molar-refractivity contribution in [2.24, 2.45) is 5.92 Å². The Morgan fingerprint density at radius 1 is 1.27 bits per heavy atom. The van der Waals surface area contributed by atoms with Gasteiger partial charge in [0.2, 0.25) is 0 Å². The molecule has 1 fully saturated rings. The Bertz CT molecular complexity index is 621. The third-order valence-corrected chi connectivity index (χ3v) is 6.40. The van der Waals surface area contributed by atoms with Crippen LogP contribution in [-0.2, 0) is 28.8 Å². The predicted octanol–water partition coefficient (Wildman–Crippen LogP) is 3.44. The molecule has 6 heteroatoms. The first kappa shape index (κ1) is 19.8. The molecule has 0 saturated carbocycles. The van der Waals surface area contributed by atoms with Gasteiger partial charge in [-0.1, -0.05) is 6.07 Å². The smallest absolute Gasteiger partial charge is 0.0913 e. The van der Waals surface area contributed by atoms with Gasteiger partial charge in [0.1, 0.15) is 0 Å². The number of benzene rings is 1. The van der Waals surface area contributed by atoms with Gasteiger partial charge in [-0.3, -0.25) is 4.84 Å². The number of piperidine rings is 1. The zero-order valence-corrected chi connectivity index (χ0v) is 17.2. The van der Waals surface area contributed by atoms with Crippen LogP contribution in [0.5, 0.6) is 0 Å². The van der Waals surface area contributed by atoms with Gasteiger partial charge in [0.25, 0.3) is 0 Å². The molecule has 0 aromatic heterocycles. The Hall–Kier alpha value is -0.950. The quantitative estimate of drug-likeness (QED) is 0.786. The van der Waals surface area contributed by atoms with Gasteiger partial charge >= 0.3 is 0 Å². The molecule has 1 saturated heterocycles. The number of nitrogens with one attached hydrogen (secondary N) is 1. The van der Waals surface area contributed by atoms with Crippen LogP contribution < -0.4 is 5.32 Å². The monoisotopic (exact) mass is 381 g/mol. The van der Waals surface area contributed by atoms with Crippen LogP contribution in [0.15, 0.2) is 18.2 Å². The second kappa shape index (κ2) is 9.31. The van der Waals surface area contributed by atoms with E-state index in [1.165, 1.54) is 36.1 Å². The molecule has 0 spiro atoms. The maximum absolute atomic E-state index is 11.7. The molecule has 1 aromatic rings. The Morgan fingerprint density at radius 3 is 2.73 bits per heavy atom. The first-order valence-corrected chi connectivity index (χ1v) is 11.4. The summed E-state index contributed by atoms with van der Waals surface area (Å²) >= 11 is 0. The average Bonchev–Trinajstić information content (AvgIpc) is 2.62. The molecule has 5 nitrogen and oxygen atoms in total. The van der Waals surface area contributed by atoms with E-state index in [2.05, 4.69) is 42.4 Å². The van der Waals surface area contributed by atoms with Crippen molar-refractivity contribution in [3.63, 3.8) is 0 Å². The lowest BCUT2D eigenvalue weighted by Crippen LogP contribution is -2.36. The summed E-state index contributed by atoms with van der Waals surface area (Å²) in [4.78, 5) is 5.78. The van der Waals surface area contributed by atoms with E-state index < -0.39 is 11.0 Å². The Balaban J connectivity index is 0.00000261. The van der Waals surface area contributed by atoms with Gasteiger partial charge < -0.3 is 5.32 Å². The minimum Gasteiger partial charge on any atom is -0.385 e. The summed E-state index contributed by atoms with van der Waals surface area (Å²) in [7, 11) is -0.873. The molecule has 0 aliphatic carbocycles. The summed E-state index contributed by atoms with van der Waals surface area (Å²) in [6.07, 6.45) is 6.70. The summed E-state index contributed by atoms with van der Waals surface area (Å²) in [6, 6.07) is 6.64. The average molecular weight is 382 g/mol. The number of nitrogens with zero attached hydrogens (tertiary/aromatic N) is 2. The molecule has 1 N–H and O–H groups in total. The van der Waals surface area contributed by atoms with Crippen molar-refractivity contribution in [1.82, 2.24) is 9.37 Å². The molecular weight excluding hydrogens is 346 g/mol. The van der Waals surface area contributed by atoms with Crippen LogP contribution in [0.3, 0.4) is 0 Å². The van der Waals surface area contributed by atoms with E-state index in [1.807, 2.05) is 4.31 Å². The van der Waals surface area contributed by atoms with Gasteiger partial charge in [0.15, 0.2) is 0 Å². The van der Waals surface area contributed by atoms with Crippen LogP contribution in [0.4, 0.5) is 5.69 Å². The lowest BCUT2D eigenvalue weighted by Gasteiger charge is -2.32. The number of rotatable bonds is 7. The predicted molar refractivity (Wildman–Crippen MR) is 110 cm³/mol. The second-order valence-electron chi connectivity index (χ2n) is 7.76. The largest absolute Gasteiger partial charge is 0.385 e. The fourth-order valence-corrected chi connectivity index (χ4v) is 4.55. The van der Waals surface area contributed by atoms with Gasteiger partial charge in [-0.15, -0.1) is 0 Å². The topological polar surface area (TPSA) is 44.8 Å². The summed E-state index contributed by atoms with van der Waals surface area (Å²) < 4.78 is 13.7. The van der Waals surface area contributed by atoms with Crippen molar-refractivity contribution in [1.29, 1.82) is 0 Å². The van der Waals surface area contributed by atoms with E-state index in [9.17, 15) is 4.21 Å². The molecule has 2 aliphatic rings. The summed E-state index contributed by atoms with van der Waals surface area (Å²) in [5.74, 6) is 0.792. The Morgan fingerprint density at radius 2 is 2.04 bits per heavy atom. The molecule has 0 bridgehead atoms. The molecule has 1 atom stereocenters. The van der Waals surface area contributed by atoms with Crippen LogP contribution in [0.2, 0.25) is 0 Å². The molecule has 3 rings (SSSR count). The third-order valence-electron chi connectivity index (χ3n) is 5.36. The number of hydroxylamine groups is 2. The standard InChI is InChI=1S/C20H33N3O2S.H2/c1-16(2)25-22-11-7-17(8-12-22)6-10-21-20-5-4-19-15-23(26(3)24)13-9-18(19)14-20;/h4-5,14,16-17,21H,6-13,15H2,1-3H3;1H. The fraction of sp³-hybridized carbons (Fsp3) is 0.700. The number of fused-ring (bicyclic) bond motifs is 1. The van der Waals surface area contributed by atoms with E-state index >= 15 is 0 Å². The van der Waals surface area contributed by atoms with Crippen molar-refractivity contribution in [3.8, 4) is 0 Å². The highest BCUT2D eigenvalue weighted by molar-refractivity contribution is 7.81. The number of anilines is 1. The van der Waals surface area contributed by atoms with E-state index in [0.29, 0.717) is 0 Å². The molecule has 26 heavy (non-hydrogen) atoms. The minimum atomic E-state index is -0.873. The van der Waals surface area contributed by atoms with Gasteiger partial charge in [-0.25, -0.2) is 8.51 Å². The molecular formula is C20H35N3O2S. The highest BCUT2D eigenvalue weighted by Crippen LogP contribution is 2.24. The van der Waals surface area contributed by atoms with Gasteiger partial charge in [0, 0.05) is 46.1 Å². The Labute approximate surface area is 162 Å². The van der Waals surface area contributed by atoms with Crippen molar-refractivity contribution < 1.29 is 10.5 Å². The SMILES string of the molecule is CC(C)ON1CCC(CCNc2ccc3c(c2)CCN(S(C)=O)C3)CC1.[HH]. The fourth-order valence-electron chi connectivity index (χ4n) is 3.88. The second-order valence-corrected chi connectivity index (χ2v) is 9.13. The molecule has 1 unspecified atom stereocenters. The van der Waals surface area contributed by atoms with Crippen molar-refractivity contribution in [2.75, 3.05) is 37.8 Å². The van der Waals surface area contributed by atoms with Crippen LogP contribution in [-0.4, -0.2) is 52.1 Å². The summed E-state index contributed by atoms with van der Waals surface area (Å²) in [6.45, 7) is 9.00. The summed E-state index contributed by atoms with van der Waals surface area (Å²) in [5, 5.41) is 5.73. The van der Waals surface area contributed by atoms with Gasteiger partial charge in [-0.2, -0.15) is 5.06 Å². The van der Waals surface area contributed by atoms with E-state index in [-0.39, 0.29) is 7.53 Å². The normalized spacial score (nSPS) is 20.9. The lowest BCUT2D eigenvalue weighted by atomic mass is 9.94. The lowest BCUT2D eigenvalue weighted by molar-refractivity contribution is -0.200. The third kappa shape index (κ3) is 5.52. The minimum absolute atomic E-state index is 0. The van der Waals surface area contributed by atoms with E-state index in [0.717, 1.165) is 45.1 Å². The molecule has 2 aliphatic heterocycles. The maximum Gasteiger partial charge on any atom is 0.0913 e.